The second-order valence-corrected chi connectivity index (χ2v) is 6.41. The SMILES string of the molecule is COc1ccc(NC(CC(=O)c2ccc(Cl)cc2)c2ccccc2)cc1.Cl. The lowest BCUT2D eigenvalue weighted by atomic mass is 9.97. The van der Waals surface area contributed by atoms with Crippen molar-refractivity contribution in [3.05, 3.63) is 95.0 Å². The molecule has 0 aliphatic heterocycles. The van der Waals surface area contributed by atoms with Crippen LogP contribution < -0.4 is 10.1 Å². The van der Waals surface area contributed by atoms with Crippen molar-refractivity contribution in [1.29, 1.82) is 0 Å². The van der Waals surface area contributed by atoms with Crippen LogP contribution in [0.25, 0.3) is 0 Å². The van der Waals surface area contributed by atoms with Gasteiger partial charge in [0.1, 0.15) is 5.75 Å². The standard InChI is InChI=1S/C22H20ClNO2.ClH/c1-26-20-13-11-19(12-14-20)24-21(16-5-3-2-4-6-16)15-22(25)17-7-9-18(23)10-8-17;/h2-14,21,24H,15H2,1H3;1H. The Morgan fingerprint density at radius 2 is 1.59 bits per heavy atom. The van der Waals surface area contributed by atoms with Crippen LogP contribution >= 0.6 is 24.0 Å². The van der Waals surface area contributed by atoms with Gasteiger partial charge in [-0.15, -0.1) is 12.4 Å². The number of halogens is 2. The van der Waals surface area contributed by atoms with E-state index in [9.17, 15) is 4.79 Å². The Kier molecular flexibility index (Phi) is 7.71. The van der Waals surface area contributed by atoms with E-state index in [1.165, 1.54) is 0 Å². The Morgan fingerprint density at radius 1 is 0.963 bits per heavy atom. The molecular formula is C22H21Cl2NO2. The molecule has 0 heterocycles. The minimum absolute atomic E-state index is 0. The number of nitrogens with one attached hydrogen (secondary N) is 1. The molecule has 0 fully saturated rings. The molecule has 0 bridgehead atoms. The minimum Gasteiger partial charge on any atom is -0.497 e. The normalized spacial score (nSPS) is 11.2. The lowest BCUT2D eigenvalue weighted by molar-refractivity contribution is 0.0976. The number of benzene rings is 3. The smallest absolute Gasteiger partial charge is 0.165 e. The Bertz CT molecular complexity index is 850. The number of anilines is 1. The van der Waals surface area contributed by atoms with Gasteiger partial charge >= 0.3 is 0 Å². The van der Waals surface area contributed by atoms with Gasteiger partial charge in [-0.3, -0.25) is 4.79 Å². The number of Topliss-reactive ketones (excluding diaryl/α,β-unsaturated/α-hetero) is 1. The second-order valence-electron chi connectivity index (χ2n) is 5.97. The molecule has 140 valence electrons. The van der Waals surface area contributed by atoms with Crippen molar-refractivity contribution in [3.63, 3.8) is 0 Å². The Labute approximate surface area is 170 Å². The van der Waals surface area contributed by atoms with Crippen LogP contribution in [0.4, 0.5) is 5.69 Å². The van der Waals surface area contributed by atoms with Crippen LogP contribution in [-0.2, 0) is 0 Å². The lowest BCUT2D eigenvalue weighted by Crippen LogP contribution is -2.15. The fourth-order valence-electron chi connectivity index (χ4n) is 2.77. The first-order chi connectivity index (χ1) is 12.7. The molecule has 3 aromatic carbocycles. The van der Waals surface area contributed by atoms with E-state index in [2.05, 4.69) is 5.32 Å². The zero-order valence-corrected chi connectivity index (χ0v) is 16.5. The third-order valence-electron chi connectivity index (χ3n) is 4.19. The van der Waals surface area contributed by atoms with Gasteiger partial charge in [0.05, 0.1) is 13.2 Å². The number of hydrogen-bond donors (Lipinski definition) is 1. The topological polar surface area (TPSA) is 38.3 Å². The van der Waals surface area contributed by atoms with Crippen molar-refractivity contribution >= 4 is 35.5 Å². The maximum atomic E-state index is 12.7. The summed E-state index contributed by atoms with van der Waals surface area (Å²) < 4.78 is 5.20. The molecule has 0 aliphatic carbocycles. The summed E-state index contributed by atoms with van der Waals surface area (Å²) in [5.41, 5.74) is 2.65. The predicted octanol–water partition coefficient (Wildman–Crippen LogP) is 6.20. The zero-order chi connectivity index (χ0) is 18.4. The number of carbonyl (C=O) groups excluding carboxylic acids is 1. The maximum Gasteiger partial charge on any atom is 0.165 e. The molecule has 5 heteroatoms. The van der Waals surface area contributed by atoms with E-state index in [1.807, 2.05) is 54.6 Å². The number of ether oxygens (including phenoxy) is 1. The van der Waals surface area contributed by atoms with Gasteiger partial charge in [0, 0.05) is 22.7 Å². The van der Waals surface area contributed by atoms with Crippen LogP contribution in [0, 0.1) is 0 Å². The summed E-state index contributed by atoms with van der Waals surface area (Å²) in [6.45, 7) is 0. The third-order valence-corrected chi connectivity index (χ3v) is 4.44. The molecule has 0 spiro atoms. The van der Waals surface area contributed by atoms with Crippen molar-refractivity contribution in [2.75, 3.05) is 12.4 Å². The molecular weight excluding hydrogens is 381 g/mol. The van der Waals surface area contributed by atoms with Gasteiger partial charge in [-0.05, 0) is 54.1 Å². The van der Waals surface area contributed by atoms with Crippen molar-refractivity contribution in [3.8, 4) is 5.75 Å². The van der Waals surface area contributed by atoms with Crippen LogP contribution in [0.2, 0.25) is 5.02 Å². The number of ketones is 1. The van der Waals surface area contributed by atoms with E-state index < -0.39 is 0 Å². The summed E-state index contributed by atoms with van der Waals surface area (Å²) >= 11 is 5.92. The summed E-state index contributed by atoms with van der Waals surface area (Å²) in [6.07, 6.45) is 0.345. The van der Waals surface area contributed by atoms with Gasteiger partial charge in [-0.1, -0.05) is 41.9 Å². The Morgan fingerprint density at radius 3 is 2.19 bits per heavy atom. The lowest BCUT2D eigenvalue weighted by Gasteiger charge is -2.20. The Balaban J connectivity index is 0.00000261. The molecule has 0 amide bonds. The minimum atomic E-state index is -0.132. The molecule has 0 radical (unpaired) electrons. The van der Waals surface area contributed by atoms with Crippen LogP contribution in [0.1, 0.15) is 28.4 Å². The number of methoxy groups -OCH3 is 1. The highest BCUT2D eigenvalue weighted by Gasteiger charge is 2.17. The number of rotatable bonds is 7. The van der Waals surface area contributed by atoms with E-state index in [0.717, 1.165) is 17.0 Å². The van der Waals surface area contributed by atoms with Gasteiger partial charge in [0.2, 0.25) is 0 Å². The summed E-state index contributed by atoms with van der Waals surface area (Å²) in [6, 6.07) is 24.5. The second kappa shape index (κ2) is 10.0. The fourth-order valence-corrected chi connectivity index (χ4v) is 2.89. The molecule has 0 aromatic heterocycles. The largest absolute Gasteiger partial charge is 0.497 e. The maximum absolute atomic E-state index is 12.7. The van der Waals surface area contributed by atoms with E-state index in [-0.39, 0.29) is 24.2 Å². The summed E-state index contributed by atoms with van der Waals surface area (Å²) in [5.74, 6) is 0.862. The molecule has 1 unspecified atom stereocenters. The quantitative estimate of drug-likeness (QED) is 0.479. The van der Waals surface area contributed by atoms with E-state index in [0.29, 0.717) is 17.0 Å². The summed E-state index contributed by atoms with van der Waals surface area (Å²) in [5, 5.41) is 4.08. The molecule has 0 aliphatic rings. The molecule has 1 atom stereocenters. The fraction of sp³-hybridized carbons (Fsp3) is 0.136. The molecule has 0 saturated heterocycles. The molecule has 0 saturated carbocycles. The van der Waals surface area contributed by atoms with Crippen LogP contribution in [0.3, 0.4) is 0 Å². The number of carbonyl (C=O) groups is 1. The third kappa shape index (κ3) is 5.75. The van der Waals surface area contributed by atoms with Gasteiger partial charge in [-0.25, -0.2) is 0 Å². The van der Waals surface area contributed by atoms with Crippen LogP contribution in [0.15, 0.2) is 78.9 Å². The average Bonchev–Trinajstić information content (AvgIpc) is 2.69. The average molecular weight is 402 g/mol. The van der Waals surface area contributed by atoms with Gasteiger partial charge in [0.15, 0.2) is 5.78 Å². The monoisotopic (exact) mass is 401 g/mol. The highest BCUT2D eigenvalue weighted by molar-refractivity contribution is 6.30. The van der Waals surface area contributed by atoms with E-state index in [4.69, 9.17) is 16.3 Å². The van der Waals surface area contributed by atoms with Gasteiger partial charge in [-0.2, -0.15) is 0 Å². The van der Waals surface area contributed by atoms with Crippen LogP contribution in [-0.4, -0.2) is 12.9 Å². The molecule has 3 aromatic rings. The van der Waals surface area contributed by atoms with Crippen molar-refractivity contribution in [1.82, 2.24) is 0 Å². The van der Waals surface area contributed by atoms with Crippen molar-refractivity contribution < 1.29 is 9.53 Å². The van der Waals surface area contributed by atoms with Crippen molar-refractivity contribution in [2.45, 2.75) is 12.5 Å². The summed E-state index contributed by atoms with van der Waals surface area (Å²) in [4.78, 5) is 12.7. The molecule has 27 heavy (non-hydrogen) atoms. The highest BCUT2D eigenvalue weighted by atomic mass is 35.5. The van der Waals surface area contributed by atoms with Gasteiger partial charge < -0.3 is 10.1 Å². The summed E-state index contributed by atoms with van der Waals surface area (Å²) in [7, 11) is 1.64. The number of hydrogen-bond acceptors (Lipinski definition) is 3. The Hall–Kier alpha value is -2.49. The van der Waals surface area contributed by atoms with Gasteiger partial charge in [0.25, 0.3) is 0 Å². The zero-order valence-electron chi connectivity index (χ0n) is 14.9. The first kappa shape index (κ1) is 20.8. The predicted molar refractivity (Wildman–Crippen MR) is 113 cm³/mol. The molecule has 3 nitrogen and oxygen atoms in total. The van der Waals surface area contributed by atoms with Crippen molar-refractivity contribution in [2.24, 2.45) is 0 Å². The first-order valence-electron chi connectivity index (χ1n) is 8.40. The molecule has 3 rings (SSSR count). The highest BCUT2D eigenvalue weighted by Crippen LogP contribution is 2.26. The first-order valence-corrected chi connectivity index (χ1v) is 8.78. The molecule has 1 N–H and O–H groups in total. The van der Waals surface area contributed by atoms with E-state index >= 15 is 0 Å². The van der Waals surface area contributed by atoms with Crippen LogP contribution in [0.5, 0.6) is 5.75 Å². The van der Waals surface area contributed by atoms with E-state index in [1.54, 1.807) is 31.4 Å².